The van der Waals surface area contributed by atoms with Gasteiger partial charge in [0.15, 0.2) is 0 Å². The second-order valence-corrected chi connectivity index (χ2v) is 10.5. The van der Waals surface area contributed by atoms with Gasteiger partial charge in [-0.2, -0.15) is 0 Å². The lowest BCUT2D eigenvalue weighted by molar-refractivity contribution is -0.141. The van der Waals surface area contributed by atoms with Crippen molar-refractivity contribution < 1.29 is 24.2 Å². The number of anilines is 1. The van der Waals surface area contributed by atoms with Gasteiger partial charge in [0.1, 0.15) is 17.7 Å². The molecular weight excluding hydrogens is 470 g/mol. The topological polar surface area (TPSA) is 108 Å². The summed E-state index contributed by atoms with van der Waals surface area (Å²) in [5, 5.41) is 15.5. The number of carbonyl (C=O) groups excluding carboxylic acids is 3. The number of nitrogens with one attached hydrogen (secondary N) is 2. The minimum atomic E-state index is -1.28. The number of amides is 3. The molecule has 0 saturated carbocycles. The van der Waals surface area contributed by atoms with Crippen LogP contribution in [0.3, 0.4) is 0 Å². The highest BCUT2D eigenvalue weighted by Crippen LogP contribution is 2.28. The first-order valence-corrected chi connectivity index (χ1v) is 12.6. The van der Waals surface area contributed by atoms with Gasteiger partial charge in [0, 0.05) is 12.2 Å². The van der Waals surface area contributed by atoms with Crippen molar-refractivity contribution >= 4 is 23.6 Å². The molecule has 0 aliphatic rings. The molecular formula is C29H41N3O5. The Morgan fingerprint density at radius 2 is 1.57 bits per heavy atom. The molecule has 8 heteroatoms. The Kier molecular flexibility index (Phi) is 10.3. The van der Waals surface area contributed by atoms with Gasteiger partial charge < -0.3 is 25.4 Å². The summed E-state index contributed by atoms with van der Waals surface area (Å²) >= 11 is 0. The summed E-state index contributed by atoms with van der Waals surface area (Å²) in [6.45, 7) is 14.3. The molecule has 0 saturated heterocycles. The predicted molar refractivity (Wildman–Crippen MR) is 145 cm³/mol. The van der Waals surface area contributed by atoms with Crippen LogP contribution in [0.2, 0.25) is 0 Å². The lowest BCUT2D eigenvalue weighted by Gasteiger charge is -2.34. The van der Waals surface area contributed by atoms with Crippen LogP contribution in [-0.2, 0) is 14.3 Å². The van der Waals surface area contributed by atoms with Crippen molar-refractivity contribution in [1.82, 2.24) is 10.2 Å². The number of ether oxygens (including phenoxy) is 1. The molecule has 0 bridgehead atoms. The maximum absolute atomic E-state index is 13.9. The van der Waals surface area contributed by atoms with Gasteiger partial charge in [-0.15, -0.1) is 0 Å². The van der Waals surface area contributed by atoms with Gasteiger partial charge in [0.05, 0.1) is 6.61 Å². The number of benzene rings is 2. The number of nitrogens with zero attached hydrogens (tertiary/aromatic N) is 1. The number of alkyl carbamates (subject to hydrolysis) is 1. The summed E-state index contributed by atoms with van der Waals surface area (Å²) < 4.78 is 5.28. The summed E-state index contributed by atoms with van der Waals surface area (Å²) in [7, 11) is 0. The Morgan fingerprint density at radius 3 is 2.05 bits per heavy atom. The van der Waals surface area contributed by atoms with Crippen molar-refractivity contribution in [2.24, 2.45) is 0 Å². The normalized spacial score (nSPS) is 12.9. The summed E-state index contributed by atoms with van der Waals surface area (Å²) in [5.74, 6) is -0.950. The Morgan fingerprint density at radius 1 is 1.00 bits per heavy atom. The Hall–Kier alpha value is -3.39. The van der Waals surface area contributed by atoms with E-state index in [2.05, 4.69) is 10.6 Å². The van der Waals surface area contributed by atoms with Crippen LogP contribution in [0, 0.1) is 27.7 Å². The number of hydrogen-bond acceptors (Lipinski definition) is 5. The highest BCUT2D eigenvalue weighted by Gasteiger charge is 2.36. The summed E-state index contributed by atoms with van der Waals surface area (Å²) in [4.78, 5) is 41.5. The van der Waals surface area contributed by atoms with Crippen LogP contribution in [-0.4, -0.2) is 52.7 Å². The van der Waals surface area contributed by atoms with Crippen molar-refractivity contribution in [2.75, 3.05) is 18.5 Å². The molecule has 3 amide bonds. The molecule has 2 rings (SSSR count). The standard InChI is InChI=1S/C29H41N3O5/c1-9-13-32(27(35)23(17-33)30-28(36)37-29(6,7)8)25(22-15-18(2)14-19(3)16-22)26(34)31-24-20(4)11-10-12-21(24)5/h10-12,14-16,23,25,33H,9,13,17H2,1-8H3,(H,30,36)(H,31,34). The summed E-state index contributed by atoms with van der Waals surface area (Å²) in [5.41, 5.74) is 4.28. The molecule has 0 radical (unpaired) electrons. The van der Waals surface area contributed by atoms with E-state index in [9.17, 15) is 19.5 Å². The van der Waals surface area contributed by atoms with E-state index < -0.39 is 36.3 Å². The lowest BCUT2D eigenvalue weighted by atomic mass is 9.98. The second kappa shape index (κ2) is 12.7. The number of hydrogen-bond donors (Lipinski definition) is 3. The first kappa shape index (κ1) is 29.8. The average molecular weight is 512 g/mol. The third kappa shape index (κ3) is 8.32. The van der Waals surface area contributed by atoms with E-state index in [-0.39, 0.29) is 12.5 Å². The van der Waals surface area contributed by atoms with Crippen molar-refractivity contribution in [3.8, 4) is 0 Å². The highest BCUT2D eigenvalue weighted by molar-refractivity contribution is 6.00. The van der Waals surface area contributed by atoms with Crippen molar-refractivity contribution in [3.05, 3.63) is 64.2 Å². The molecule has 0 fully saturated rings. The third-order valence-corrected chi connectivity index (χ3v) is 5.77. The van der Waals surface area contributed by atoms with E-state index in [0.717, 1.165) is 22.3 Å². The molecule has 0 aliphatic carbocycles. The van der Waals surface area contributed by atoms with Gasteiger partial charge in [0.2, 0.25) is 5.91 Å². The smallest absolute Gasteiger partial charge is 0.408 e. The van der Waals surface area contributed by atoms with Crippen LogP contribution in [0.25, 0.3) is 0 Å². The summed E-state index contributed by atoms with van der Waals surface area (Å²) in [6.07, 6.45) is -0.256. The molecule has 0 aliphatic heterocycles. The summed E-state index contributed by atoms with van der Waals surface area (Å²) in [6, 6.07) is 9.24. The minimum Gasteiger partial charge on any atom is -0.444 e. The number of aryl methyl sites for hydroxylation is 4. The molecule has 2 aromatic carbocycles. The van der Waals surface area contributed by atoms with E-state index in [1.807, 2.05) is 71.0 Å². The fraction of sp³-hybridized carbons (Fsp3) is 0.483. The van der Waals surface area contributed by atoms with Gasteiger partial charge in [-0.05, 0) is 71.6 Å². The van der Waals surface area contributed by atoms with E-state index in [0.29, 0.717) is 17.7 Å². The van der Waals surface area contributed by atoms with Crippen LogP contribution in [0.4, 0.5) is 10.5 Å². The predicted octanol–water partition coefficient (Wildman–Crippen LogP) is 4.72. The van der Waals surface area contributed by atoms with Gasteiger partial charge in [-0.25, -0.2) is 4.79 Å². The molecule has 2 atom stereocenters. The SMILES string of the molecule is CCCN(C(=O)C(CO)NC(=O)OC(C)(C)C)C(C(=O)Nc1c(C)cccc1C)c1cc(C)cc(C)c1. The third-order valence-electron chi connectivity index (χ3n) is 5.77. The number of carbonyl (C=O) groups is 3. The van der Waals surface area contributed by atoms with E-state index >= 15 is 0 Å². The lowest BCUT2D eigenvalue weighted by Crippen LogP contribution is -2.54. The number of para-hydroxylation sites is 1. The molecule has 37 heavy (non-hydrogen) atoms. The zero-order chi connectivity index (χ0) is 27.9. The van der Waals surface area contributed by atoms with Crippen molar-refractivity contribution in [1.29, 1.82) is 0 Å². The van der Waals surface area contributed by atoms with Crippen molar-refractivity contribution in [2.45, 2.75) is 79.5 Å². The number of rotatable bonds is 9. The molecule has 8 nitrogen and oxygen atoms in total. The zero-order valence-corrected chi connectivity index (χ0v) is 23.3. The van der Waals surface area contributed by atoms with Gasteiger partial charge in [-0.3, -0.25) is 9.59 Å². The van der Waals surface area contributed by atoms with Crippen LogP contribution < -0.4 is 10.6 Å². The van der Waals surface area contributed by atoms with Crippen LogP contribution >= 0.6 is 0 Å². The van der Waals surface area contributed by atoms with Crippen LogP contribution in [0.5, 0.6) is 0 Å². The average Bonchev–Trinajstić information content (AvgIpc) is 2.77. The maximum atomic E-state index is 13.9. The Labute approximate surface area is 220 Å². The Balaban J connectivity index is 2.53. The fourth-order valence-electron chi connectivity index (χ4n) is 4.29. The zero-order valence-electron chi connectivity index (χ0n) is 23.3. The van der Waals surface area contributed by atoms with E-state index in [1.54, 1.807) is 20.8 Å². The number of aliphatic hydroxyl groups excluding tert-OH is 1. The largest absolute Gasteiger partial charge is 0.444 e. The molecule has 3 N–H and O–H groups in total. The molecule has 2 unspecified atom stereocenters. The quantitative estimate of drug-likeness (QED) is 0.451. The first-order chi connectivity index (χ1) is 17.3. The van der Waals surface area contributed by atoms with Gasteiger partial charge >= 0.3 is 6.09 Å². The van der Waals surface area contributed by atoms with E-state index in [4.69, 9.17) is 4.74 Å². The monoisotopic (exact) mass is 511 g/mol. The van der Waals surface area contributed by atoms with Crippen LogP contribution in [0.15, 0.2) is 36.4 Å². The highest BCUT2D eigenvalue weighted by atomic mass is 16.6. The molecule has 0 spiro atoms. The minimum absolute atomic E-state index is 0.239. The van der Waals surface area contributed by atoms with Crippen molar-refractivity contribution in [3.63, 3.8) is 0 Å². The maximum Gasteiger partial charge on any atom is 0.408 e. The molecule has 0 aromatic heterocycles. The molecule has 2 aromatic rings. The Bertz CT molecular complexity index is 1080. The molecule has 0 heterocycles. The second-order valence-electron chi connectivity index (χ2n) is 10.5. The van der Waals surface area contributed by atoms with Gasteiger partial charge in [0.25, 0.3) is 5.91 Å². The fourth-order valence-corrected chi connectivity index (χ4v) is 4.29. The van der Waals surface area contributed by atoms with Crippen LogP contribution in [0.1, 0.15) is 68.0 Å². The van der Waals surface area contributed by atoms with Gasteiger partial charge in [-0.1, -0.05) is 54.4 Å². The first-order valence-electron chi connectivity index (χ1n) is 12.6. The number of aliphatic hydroxyl groups is 1. The van der Waals surface area contributed by atoms with E-state index in [1.165, 1.54) is 4.90 Å². The molecule has 202 valence electrons.